The van der Waals surface area contributed by atoms with Crippen molar-refractivity contribution in [1.29, 1.82) is 0 Å². The Bertz CT molecular complexity index is 287. The quantitative estimate of drug-likeness (QED) is 0.730. The minimum Gasteiger partial charge on any atom is -0.381 e. The zero-order chi connectivity index (χ0) is 9.42. The van der Waals surface area contributed by atoms with E-state index in [4.69, 9.17) is 16.3 Å². The van der Waals surface area contributed by atoms with Crippen molar-refractivity contribution in [3.05, 3.63) is 11.1 Å². The first-order valence-corrected chi connectivity index (χ1v) is 4.70. The number of methoxy groups -OCH3 is 1. The van der Waals surface area contributed by atoms with Gasteiger partial charge in [0.05, 0.1) is 6.10 Å². The molecule has 0 radical (unpaired) electrons. The fourth-order valence-electron chi connectivity index (χ4n) is 1.70. The van der Waals surface area contributed by atoms with Gasteiger partial charge in [-0.1, -0.05) is 0 Å². The molecule has 1 fully saturated rings. The second-order valence-corrected chi connectivity index (χ2v) is 3.71. The van der Waals surface area contributed by atoms with Crippen LogP contribution in [0.1, 0.15) is 24.7 Å². The van der Waals surface area contributed by atoms with Crippen molar-refractivity contribution in [2.75, 3.05) is 7.11 Å². The van der Waals surface area contributed by atoms with E-state index in [1.165, 1.54) is 0 Å². The van der Waals surface area contributed by atoms with Gasteiger partial charge in [-0.2, -0.15) is 0 Å². The lowest BCUT2D eigenvalue weighted by Crippen LogP contribution is -2.33. The Morgan fingerprint density at radius 2 is 2.15 bits per heavy atom. The van der Waals surface area contributed by atoms with Crippen LogP contribution in [-0.4, -0.2) is 28.0 Å². The monoisotopic (exact) mass is 201 g/mol. The predicted molar refractivity (Wildman–Crippen MR) is 48.8 cm³/mol. The molecule has 0 aliphatic heterocycles. The molecule has 1 aliphatic rings. The minimum atomic E-state index is 0.378. The van der Waals surface area contributed by atoms with Crippen LogP contribution in [0.2, 0.25) is 5.28 Å². The molecule has 0 atom stereocenters. The number of aromatic nitrogens is 3. The molecule has 0 amide bonds. The van der Waals surface area contributed by atoms with Gasteiger partial charge in [0.1, 0.15) is 5.82 Å². The highest BCUT2D eigenvalue weighted by Gasteiger charge is 2.32. The molecule has 5 heteroatoms. The number of hydrogen-bond donors (Lipinski definition) is 0. The van der Waals surface area contributed by atoms with Gasteiger partial charge in [-0.3, -0.25) is 4.57 Å². The van der Waals surface area contributed by atoms with Gasteiger partial charge in [-0.15, -0.1) is 10.2 Å². The SMILES string of the molecule is COC1CC(n2c(C)nnc2Cl)C1. The smallest absolute Gasteiger partial charge is 0.225 e. The highest BCUT2D eigenvalue weighted by atomic mass is 35.5. The molecule has 72 valence electrons. The average Bonchev–Trinajstić information content (AvgIpc) is 2.33. The van der Waals surface area contributed by atoms with Crippen molar-refractivity contribution in [2.24, 2.45) is 0 Å². The molecule has 0 spiro atoms. The molecule has 2 rings (SSSR count). The fourth-order valence-corrected chi connectivity index (χ4v) is 2.00. The predicted octanol–water partition coefficient (Wildman–Crippen LogP) is 1.59. The van der Waals surface area contributed by atoms with Crippen LogP contribution in [0.4, 0.5) is 0 Å². The van der Waals surface area contributed by atoms with Gasteiger partial charge in [0.15, 0.2) is 0 Å². The van der Waals surface area contributed by atoms with E-state index in [1.54, 1.807) is 7.11 Å². The molecule has 0 saturated heterocycles. The van der Waals surface area contributed by atoms with E-state index in [2.05, 4.69) is 10.2 Å². The topological polar surface area (TPSA) is 39.9 Å². The van der Waals surface area contributed by atoms with Crippen LogP contribution in [0.3, 0.4) is 0 Å². The van der Waals surface area contributed by atoms with E-state index in [9.17, 15) is 0 Å². The normalized spacial score (nSPS) is 27.3. The maximum absolute atomic E-state index is 5.89. The summed E-state index contributed by atoms with van der Waals surface area (Å²) in [6.07, 6.45) is 2.40. The van der Waals surface area contributed by atoms with Crippen LogP contribution in [0.5, 0.6) is 0 Å². The number of halogens is 1. The highest BCUT2D eigenvalue weighted by Crippen LogP contribution is 2.36. The van der Waals surface area contributed by atoms with Gasteiger partial charge in [-0.25, -0.2) is 0 Å². The summed E-state index contributed by atoms with van der Waals surface area (Å²) in [7, 11) is 1.74. The first-order chi connectivity index (χ1) is 6.22. The zero-order valence-electron chi connectivity index (χ0n) is 7.70. The summed E-state index contributed by atoms with van der Waals surface area (Å²) in [5.74, 6) is 0.879. The summed E-state index contributed by atoms with van der Waals surface area (Å²) in [6, 6.07) is 0.424. The van der Waals surface area contributed by atoms with Crippen LogP contribution in [-0.2, 0) is 4.74 Å². The van der Waals surface area contributed by atoms with Gasteiger partial charge >= 0.3 is 0 Å². The van der Waals surface area contributed by atoms with Gasteiger partial charge in [0, 0.05) is 13.2 Å². The Balaban J connectivity index is 2.10. The Morgan fingerprint density at radius 3 is 2.62 bits per heavy atom. The molecule has 1 aromatic heterocycles. The van der Waals surface area contributed by atoms with Crippen molar-refractivity contribution in [1.82, 2.24) is 14.8 Å². The molecule has 13 heavy (non-hydrogen) atoms. The van der Waals surface area contributed by atoms with Crippen LogP contribution < -0.4 is 0 Å². The molecule has 0 N–H and O–H groups in total. The summed E-state index contributed by atoms with van der Waals surface area (Å²) in [5, 5.41) is 8.20. The second kappa shape index (κ2) is 3.27. The third-order valence-electron chi connectivity index (χ3n) is 2.59. The molecule has 1 aliphatic carbocycles. The molecule has 0 aromatic carbocycles. The lowest BCUT2D eigenvalue weighted by molar-refractivity contribution is 0.00561. The summed E-state index contributed by atoms with van der Waals surface area (Å²) in [6.45, 7) is 1.92. The second-order valence-electron chi connectivity index (χ2n) is 3.37. The first-order valence-electron chi connectivity index (χ1n) is 4.32. The average molecular weight is 202 g/mol. The molecule has 1 aromatic rings. The van der Waals surface area contributed by atoms with Gasteiger partial charge in [-0.05, 0) is 31.4 Å². The lowest BCUT2D eigenvalue weighted by Gasteiger charge is -2.35. The maximum atomic E-state index is 5.89. The largest absolute Gasteiger partial charge is 0.381 e. The van der Waals surface area contributed by atoms with E-state index in [-0.39, 0.29) is 0 Å². The molecular formula is C8H12ClN3O. The van der Waals surface area contributed by atoms with Crippen molar-refractivity contribution in [2.45, 2.75) is 31.9 Å². The molecule has 0 bridgehead atoms. The van der Waals surface area contributed by atoms with Crippen LogP contribution >= 0.6 is 11.6 Å². The number of aryl methyl sites for hydroxylation is 1. The lowest BCUT2D eigenvalue weighted by atomic mass is 9.89. The maximum Gasteiger partial charge on any atom is 0.225 e. The fraction of sp³-hybridized carbons (Fsp3) is 0.750. The summed E-state index contributed by atoms with van der Waals surface area (Å²) in [4.78, 5) is 0. The molecular weight excluding hydrogens is 190 g/mol. The number of nitrogens with zero attached hydrogens (tertiary/aromatic N) is 3. The zero-order valence-corrected chi connectivity index (χ0v) is 8.45. The Kier molecular flexibility index (Phi) is 2.26. The van der Waals surface area contributed by atoms with E-state index < -0.39 is 0 Å². The molecule has 0 unspecified atom stereocenters. The van der Waals surface area contributed by atoms with Crippen molar-refractivity contribution < 1.29 is 4.74 Å². The summed E-state index contributed by atoms with van der Waals surface area (Å²) in [5.41, 5.74) is 0. The van der Waals surface area contributed by atoms with Crippen molar-refractivity contribution in [3.63, 3.8) is 0 Å². The first kappa shape index (κ1) is 8.97. The van der Waals surface area contributed by atoms with Crippen molar-refractivity contribution >= 4 is 11.6 Å². The van der Waals surface area contributed by atoms with Gasteiger partial charge in [0.2, 0.25) is 5.28 Å². The number of hydrogen-bond acceptors (Lipinski definition) is 3. The summed E-state index contributed by atoms with van der Waals surface area (Å²) < 4.78 is 7.17. The van der Waals surface area contributed by atoms with Crippen LogP contribution in [0, 0.1) is 6.92 Å². The summed E-state index contributed by atoms with van der Waals surface area (Å²) >= 11 is 5.89. The third kappa shape index (κ3) is 1.44. The highest BCUT2D eigenvalue weighted by molar-refractivity contribution is 6.28. The van der Waals surface area contributed by atoms with E-state index >= 15 is 0 Å². The molecule has 1 saturated carbocycles. The molecule has 4 nitrogen and oxygen atoms in total. The minimum absolute atomic E-state index is 0.378. The standard InChI is InChI=1S/C8H12ClN3O/c1-5-10-11-8(9)12(5)6-3-7(4-6)13-2/h6-7H,3-4H2,1-2H3. The molecule has 1 heterocycles. The Morgan fingerprint density at radius 1 is 1.46 bits per heavy atom. The Labute approximate surface area is 81.9 Å². The van der Waals surface area contributed by atoms with E-state index in [0.717, 1.165) is 18.7 Å². The van der Waals surface area contributed by atoms with Gasteiger partial charge < -0.3 is 4.74 Å². The third-order valence-corrected chi connectivity index (χ3v) is 2.85. The van der Waals surface area contributed by atoms with Crippen LogP contribution in [0.15, 0.2) is 0 Å². The van der Waals surface area contributed by atoms with Crippen molar-refractivity contribution in [3.8, 4) is 0 Å². The van der Waals surface area contributed by atoms with Gasteiger partial charge in [0.25, 0.3) is 0 Å². The van der Waals surface area contributed by atoms with Crippen LogP contribution in [0.25, 0.3) is 0 Å². The van der Waals surface area contributed by atoms with E-state index in [0.29, 0.717) is 17.4 Å². The number of rotatable bonds is 2. The number of ether oxygens (including phenoxy) is 1. The van der Waals surface area contributed by atoms with E-state index in [1.807, 2.05) is 11.5 Å². The Hall–Kier alpha value is -0.610.